The molecule has 5 heteroatoms. The highest BCUT2D eigenvalue weighted by Gasteiger charge is 2.09. The molecule has 0 amide bonds. The van der Waals surface area contributed by atoms with Crippen molar-refractivity contribution < 1.29 is 4.39 Å². The minimum atomic E-state index is -0.243. The van der Waals surface area contributed by atoms with E-state index in [1.165, 1.54) is 12.1 Å². The largest absolute Gasteiger partial charge is 0.218 e. The summed E-state index contributed by atoms with van der Waals surface area (Å²) in [4.78, 5) is 4.23. The fourth-order valence-electron chi connectivity index (χ4n) is 1.62. The van der Waals surface area contributed by atoms with E-state index in [9.17, 15) is 4.39 Å². The minimum Gasteiger partial charge on any atom is -0.218 e. The average molecular weight is 284 g/mol. The predicted molar refractivity (Wildman–Crippen MR) is 63.4 cm³/mol. The summed E-state index contributed by atoms with van der Waals surface area (Å²) in [5, 5.41) is 4.86. The van der Waals surface area contributed by atoms with Gasteiger partial charge in [0.2, 0.25) is 0 Å². The number of benzene rings is 1. The van der Waals surface area contributed by atoms with E-state index in [4.69, 9.17) is 0 Å². The van der Waals surface area contributed by atoms with Crippen molar-refractivity contribution in [1.82, 2.24) is 14.8 Å². The van der Waals surface area contributed by atoms with Crippen LogP contribution >= 0.6 is 15.9 Å². The van der Waals surface area contributed by atoms with Gasteiger partial charge < -0.3 is 0 Å². The van der Waals surface area contributed by atoms with Gasteiger partial charge in [0, 0.05) is 5.33 Å². The molecule has 0 spiro atoms. The molecule has 0 saturated carbocycles. The van der Waals surface area contributed by atoms with Gasteiger partial charge in [-0.1, -0.05) is 15.9 Å². The third kappa shape index (κ3) is 2.00. The zero-order chi connectivity index (χ0) is 11.7. The van der Waals surface area contributed by atoms with Gasteiger partial charge in [0.15, 0.2) is 0 Å². The lowest BCUT2D eigenvalue weighted by Gasteiger charge is -2.08. The van der Waals surface area contributed by atoms with Crippen LogP contribution in [0, 0.1) is 19.7 Å². The Labute approximate surface area is 101 Å². The van der Waals surface area contributed by atoms with Gasteiger partial charge in [0.1, 0.15) is 17.5 Å². The fourth-order valence-corrected chi connectivity index (χ4v) is 2.07. The molecule has 2 rings (SSSR count). The first-order chi connectivity index (χ1) is 7.61. The van der Waals surface area contributed by atoms with Crippen molar-refractivity contribution in [3.63, 3.8) is 0 Å². The average Bonchev–Trinajstić information content (AvgIpc) is 2.57. The summed E-state index contributed by atoms with van der Waals surface area (Å²) >= 11 is 3.34. The van der Waals surface area contributed by atoms with Gasteiger partial charge in [-0.2, -0.15) is 5.10 Å². The molecule has 1 aromatic heterocycles. The number of aromatic nitrogens is 3. The molecule has 84 valence electrons. The summed E-state index contributed by atoms with van der Waals surface area (Å²) in [6.07, 6.45) is 0. The van der Waals surface area contributed by atoms with Gasteiger partial charge in [-0.3, -0.25) is 0 Å². The van der Waals surface area contributed by atoms with Crippen LogP contribution in [0.3, 0.4) is 0 Å². The minimum absolute atomic E-state index is 0.243. The number of hydrogen-bond donors (Lipinski definition) is 0. The summed E-state index contributed by atoms with van der Waals surface area (Å²) in [6.45, 7) is 3.71. The smallest absolute Gasteiger partial charge is 0.148 e. The van der Waals surface area contributed by atoms with Gasteiger partial charge in [0.05, 0.1) is 5.69 Å². The number of rotatable bonds is 2. The second kappa shape index (κ2) is 4.33. The Kier molecular flexibility index (Phi) is 3.05. The lowest BCUT2D eigenvalue weighted by atomic mass is 10.2. The molecule has 0 radical (unpaired) electrons. The van der Waals surface area contributed by atoms with Crippen molar-refractivity contribution >= 4 is 15.9 Å². The highest BCUT2D eigenvalue weighted by Crippen LogP contribution is 2.19. The molecule has 0 aliphatic rings. The Morgan fingerprint density at radius 3 is 2.69 bits per heavy atom. The molecule has 0 unspecified atom stereocenters. The number of alkyl halides is 1. The zero-order valence-corrected chi connectivity index (χ0v) is 10.6. The van der Waals surface area contributed by atoms with E-state index in [1.54, 1.807) is 10.7 Å². The van der Waals surface area contributed by atoms with Gasteiger partial charge in [-0.25, -0.2) is 14.1 Å². The van der Waals surface area contributed by atoms with E-state index in [-0.39, 0.29) is 5.82 Å². The molecule has 1 heterocycles. The summed E-state index contributed by atoms with van der Waals surface area (Å²) in [7, 11) is 0. The first kappa shape index (κ1) is 11.3. The molecule has 0 fully saturated rings. The summed E-state index contributed by atoms with van der Waals surface area (Å²) in [5.41, 5.74) is 1.71. The van der Waals surface area contributed by atoms with Crippen LogP contribution in [-0.2, 0) is 5.33 Å². The van der Waals surface area contributed by atoms with Crippen LogP contribution < -0.4 is 0 Å². The van der Waals surface area contributed by atoms with E-state index in [1.807, 2.05) is 13.8 Å². The molecule has 16 heavy (non-hydrogen) atoms. The third-order valence-electron chi connectivity index (χ3n) is 2.29. The molecule has 3 nitrogen and oxygen atoms in total. The molecule has 0 bridgehead atoms. The van der Waals surface area contributed by atoms with Crippen molar-refractivity contribution in [3.05, 3.63) is 41.2 Å². The fraction of sp³-hybridized carbons (Fsp3) is 0.273. The quantitative estimate of drug-likeness (QED) is 0.794. The monoisotopic (exact) mass is 283 g/mol. The normalized spacial score (nSPS) is 10.8. The third-order valence-corrected chi connectivity index (χ3v) is 2.89. The van der Waals surface area contributed by atoms with Gasteiger partial charge in [0.25, 0.3) is 0 Å². The molecule has 0 aliphatic heterocycles. The predicted octanol–water partition coefficient (Wildman–Crippen LogP) is 2.92. The Bertz CT molecular complexity index is 522. The number of nitrogens with zero attached hydrogens (tertiary/aromatic N) is 3. The highest BCUT2D eigenvalue weighted by molar-refractivity contribution is 9.08. The maximum Gasteiger partial charge on any atom is 0.148 e. The maximum absolute atomic E-state index is 13.1. The van der Waals surface area contributed by atoms with Gasteiger partial charge >= 0.3 is 0 Å². The molecule has 0 atom stereocenters. The van der Waals surface area contributed by atoms with E-state index < -0.39 is 0 Å². The molecule has 1 aromatic carbocycles. The van der Waals surface area contributed by atoms with Crippen molar-refractivity contribution in [2.75, 3.05) is 0 Å². The van der Waals surface area contributed by atoms with Crippen LogP contribution in [0.4, 0.5) is 4.39 Å². The van der Waals surface area contributed by atoms with Crippen LogP contribution in [-0.4, -0.2) is 14.8 Å². The Hall–Kier alpha value is -1.23. The molecule has 0 aliphatic carbocycles. The van der Waals surface area contributed by atoms with Crippen LogP contribution in [0.2, 0.25) is 0 Å². The number of hydrogen-bond acceptors (Lipinski definition) is 2. The molecule has 0 saturated heterocycles. The van der Waals surface area contributed by atoms with E-state index in [0.717, 1.165) is 17.1 Å². The van der Waals surface area contributed by atoms with E-state index in [2.05, 4.69) is 26.0 Å². The summed E-state index contributed by atoms with van der Waals surface area (Å²) in [5.74, 6) is 1.27. The van der Waals surface area contributed by atoms with Crippen molar-refractivity contribution in [2.45, 2.75) is 19.2 Å². The van der Waals surface area contributed by atoms with E-state index >= 15 is 0 Å². The first-order valence-electron chi connectivity index (χ1n) is 4.87. The molecule has 2 aromatic rings. The van der Waals surface area contributed by atoms with Crippen molar-refractivity contribution in [2.24, 2.45) is 0 Å². The highest BCUT2D eigenvalue weighted by atomic mass is 79.9. The lowest BCUT2D eigenvalue weighted by Crippen LogP contribution is -2.03. The second-order valence-electron chi connectivity index (χ2n) is 3.52. The Morgan fingerprint density at radius 1 is 1.38 bits per heavy atom. The number of halogens is 2. The van der Waals surface area contributed by atoms with Crippen LogP contribution in [0.5, 0.6) is 0 Å². The molecule has 0 N–H and O–H groups in total. The SMILES string of the molecule is Cc1nc(C)n(-c2ccc(F)cc2CBr)n1. The van der Waals surface area contributed by atoms with E-state index in [0.29, 0.717) is 11.2 Å². The van der Waals surface area contributed by atoms with Crippen molar-refractivity contribution in [3.8, 4) is 5.69 Å². The molecular formula is C11H11BrFN3. The van der Waals surface area contributed by atoms with Crippen LogP contribution in [0.15, 0.2) is 18.2 Å². The maximum atomic E-state index is 13.1. The van der Waals surface area contributed by atoms with Crippen LogP contribution in [0.25, 0.3) is 5.69 Å². The zero-order valence-electron chi connectivity index (χ0n) is 9.04. The number of aryl methyl sites for hydroxylation is 2. The van der Waals surface area contributed by atoms with Gasteiger partial charge in [-0.15, -0.1) is 0 Å². The molecular weight excluding hydrogens is 273 g/mol. The first-order valence-corrected chi connectivity index (χ1v) is 5.99. The van der Waals surface area contributed by atoms with Crippen molar-refractivity contribution in [1.29, 1.82) is 0 Å². The topological polar surface area (TPSA) is 30.7 Å². The summed E-state index contributed by atoms with van der Waals surface area (Å²) < 4.78 is 14.8. The Balaban J connectivity index is 2.59. The summed E-state index contributed by atoms with van der Waals surface area (Å²) in [6, 6.07) is 4.64. The van der Waals surface area contributed by atoms with Crippen LogP contribution in [0.1, 0.15) is 17.2 Å². The second-order valence-corrected chi connectivity index (χ2v) is 4.09. The standard InChI is InChI=1S/C11H11BrFN3/c1-7-14-8(2)16(15-7)11-4-3-10(13)5-9(11)6-12/h3-5H,6H2,1-2H3. The van der Waals surface area contributed by atoms with Gasteiger partial charge in [-0.05, 0) is 37.6 Å². The lowest BCUT2D eigenvalue weighted by molar-refractivity contribution is 0.625. The Morgan fingerprint density at radius 2 is 2.12 bits per heavy atom.